The van der Waals surface area contributed by atoms with Crippen LogP contribution in [0.25, 0.3) is 0 Å². The summed E-state index contributed by atoms with van der Waals surface area (Å²) in [6, 6.07) is 42.5. The van der Waals surface area contributed by atoms with Crippen LogP contribution in [-0.2, 0) is 18.4 Å². The highest BCUT2D eigenvalue weighted by Crippen LogP contribution is 2.48. The molecule has 0 unspecified atom stereocenters. The predicted octanol–water partition coefficient (Wildman–Crippen LogP) is 9.15. The Morgan fingerprint density at radius 3 is 1.73 bits per heavy atom. The number of carbonyl (C=O) groups is 1. The van der Waals surface area contributed by atoms with E-state index in [1.165, 1.54) is 0 Å². The molecular formula is C40H42N2O5S2. The van der Waals surface area contributed by atoms with Crippen molar-refractivity contribution in [3.8, 4) is 11.5 Å². The molecular weight excluding hydrogens is 653 g/mol. The monoisotopic (exact) mass is 694 g/mol. The molecule has 1 amide bonds. The van der Waals surface area contributed by atoms with Gasteiger partial charge in [-0.3, -0.25) is 0 Å². The zero-order valence-corrected chi connectivity index (χ0v) is 29.8. The van der Waals surface area contributed by atoms with E-state index in [2.05, 4.69) is 10.6 Å². The number of anilines is 1. The maximum absolute atomic E-state index is 15.0. The second-order valence-electron chi connectivity index (χ2n) is 12.7. The molecule has 5 rings (SSSR count). The summed E-state index contributed by atoms with van der Waals surface area (Å²) >= 11 is 0. The minimum Gasteiger partial charge on any atom is -0.457 e. The fourth-order valence-corrected chi connectivity index (χ4v) is 9.99. The van der Waals surface area contributed by atoms with E-state index >= 15 is 0 Å². The predicted molar refractivity (Wildman–Crippen MR) is 200 cm³/mol. The Labute approximate surface area is 293 Å². The Balaban J connectivity index is 1.44. The molecule has 2 N–H and O–H groups in total. The fraction of sp³-hybridized carbons (Fsp3) is 0.225. The minimum atomic E-state index is -4.06. The van der Waals surface area contributed by atoms with Crippen molar-refractivity contribution in [3.63, 3.8) is 0 Å². The molecule has 5 aromatic carbocycles. The van der Waals surface area contributed by atoms with E-state index < -0.39 is 31.4 Å². The summed E-state index contributed by atoms with van der Waals surface area (Å²) in [5.41, 5.74) is 2.99. The number of carbonyl (C=O) groups excluding carboxylic acids is 1. The van der Waals surface area contributed by atoms with E-state index in [0.717, 1.165) is 27.8 Å². The molecule has 5 aromatic rings. The number of hydrogen-bond acceptors (Lipinski definition) is 7. The Morgan fingerprint density at radius 1 is 0.714 bits per heavy atom. The van der Waals surface area contributed by atoms with Crippen molar-refractivity contribution in [1.82, 2.24) is 5.32 Å². The summed E-state index contributed by atoms with van der Waals surface area (Å²) in [5, 5.41) is 6.27. The summed E-state index contributed by atoms with van der Waals surface area (Å²) in [7, 11) is -3.24. The van der Waals surface area contributed by atoms with Gasteiger partial charge in [0.2, 0.25) is 8.87 Å². The van der Waals surface area contributed by atoms with Crippen molar-refractivity contribution in [2.45, 2.75) is 44.1 Å². The molecule has 0 aliphatic rings. The minimum absolute atomic E-state index is 0.0440. The fourth-order valence-electron chi connectivity index (χ4n) is 5.56. The van der Waals surface area contributed by atoms with Gasteiger partial charge in [0.15, 0.2) is 4.75 Å². The Morgan fingerprint density at radius 2 is 1.22 bits per heavy atom. The smallest absolute Gasteiger partial charge is 0.407 e. The maximum atomic E-state index is 15.0. The van der Waals surface area contributed by atoms with Gasteiger partial charge in [0.05, 0.1) is 6.04 Å². The van der Waals surface area contributed by atoms with Crippen molar-refractivity contribution < 1.29 is 22.7 Å². The lowest BCUT2D eigenvalue weighted by Crippen LogP contribution is -2.45. The number of rotatable bonds is 13. The van der Waals surface area contributed by atoms with E-state index in [0.29, 0.717) is 22.4 Å². The molecule has 0 aliphatic carbocycles. The van der Waals surface area contributed by atoms with E-state index in [1.54, 1.807) is 20.8 Å². The molecule has 1 atom stereocenters. The number of benzene rings is 5. The SMILES string of the molecule is Cc1cccc(Oc2cccc(NC[C@H](CSS(=O)(=O)C(c3ccccc3)(c3ccccc3)c3ccccc3)NC(=O)OC(C)(C)C)c2)c1. The number of alkyl carbamates (subject to hydrolysis) is 1. The summed E-state index contributed by atoms with van der Waals surface area (Å²) in [4.78, 5) is 13.0. The first-order valence-electron chi connectivity index (χ1n) is 16.1. The lowest BCUT2D eigenvalue weighted by Gasteiger charge is -2.35. The first-order chi connectivity index (χ1) is 23.5. The van der Waals surface area contributed by atoms with Crippen molar-refractivity contribution >= 4 is 31.4 Å². The van der Waals surface area contributed by atoms with Crippen LogP contribution in [-0.4, -0.2) is 38.5 Å². The largest absolute Gasteiger partial charge is 0.457 e. The molecule has 0 bridgehead atoms. The number of ether oxygens (including phenoxy) is 2. The van der Waals surface area contributed by atoms with Gasteiger partial charge in [-0.05, 0) is 85.0 Å². The van der Waals surface area contributed by atoms with Gasteiger partial charge in [-0.2, -0.15) is 0 Å². The molecule has 0 spiro atoms. The van der Waals surface area contributed by atoms with Gasteiger partial charge in [0, 0.05) is 24.1 Å². The zero-order valence-electron chi connectivity index (χ0n) is 28.1. The molecule has 9 heteroatoms. The van der Waals surface area contributed by atoms with Crippen LogP contribution in [0.3, 0.4) is 0 Å². The lowest BCUT2D eigenvalue weighted by molar-refractivity contribution is 0.0512. The maximum Gasteiger partial charge on any atom is 0.407 e. The average molecular weight is 695 g/mol. The molecule has 0 saturated heterocycles. The molecule has 7 nitrogen and oxygen atoms in total. The summed E-state index contributed by atoms with van der Waals surface area (Å²) in [6.07, 6.45) is -0.630. The van der Waals surface area contributed by atoms with E-state index in [1.807, 2.05) is 146 Å². The van der Waals surface area contributed by atoms with Gasteiger partial charge in [-0.25, -0.2) is 13.2 Å². The van der Waals surface area contributed by atoms with Crippen LogP contribution in [0.5, 0.6) is 11.5 Å². The first-order valence-corrected chi connectivity index (χ1v) is 19.1. The second-order valence-corrected chi connectivity index (χ2v) is 16.8. The zero-order chi connectivity index (χ0) is 34.9. The molecule has 0 saturated carbocycles. The Bertz CT molecular complexity index is 1830. The van der Waals surface area contributed by atoms with Crippen LogP contribution in [0.15, 0.2) is 140 Å². The van der Waals surface area contributed by atoms with Gasteiger partial charge in [0.1, 0.15) is 17.1 Å². The standard InChI is InChI=1S/C40H42N2O5S2/c1-30-16-14-24-36(26-30)46-37-25-15-23-34(27-37)41-28-35(42-38(43)47-39(2,3)4)29-48-49(44,45)40(31-17-8-5-9-18-31,32-19-10-6-11-20-32)33-21-12-7-13-22-33/h5-27,35,41H,28-29H2,1-4H3,(H,42,43)/t35-/m1/s1. The van der Waals surface area contributed by atoms with Gasteiger partial charge < -0.3 is 20.1 Å². The normalized spacial score (nSPS) is 12.5. The Kier molecular flexibility index (Phi) is 11.4. The van der Waals surface area contributed by atoms with E-state index in [4.69, 9.17) is 9.47 Å². The van der Waals surface area contributed by atoms with Crippen LogP contribution in [0.4, 0.5) is 10.5 Å². The van der Waals surface area contributed by atoms with Crippen molar-refractivity contribution in [2.24, 2.45) is 0 Å². The molecule has 254 valence electrons. The van der Waals surface area contributed by atoms with Crippen molar-refractivity contribution in [3.05, 3.63) is 162 Å². The van der Waals surface area contributed by atoms with Crippen molar-refractivity contribution in [1.29, 1.82) is 0 Å². The molecule has 49 heavy (non-hydrogen) atoms. The van der Waals surface area contributed by atoms with Gasteiger partial charge in [-0.15, -0.1) is 0 Å². The van der Waals surface area contributed by atoms with Gasteiger partial charge in [-0.1, -0.05) is 109 Å². The van der Waals surface area contributed by atoms with Crippen LogP contribution in [0.1, 0.15) is 43.0 Å². The second kappa shape index (κ2) is 15.7. The quantitative estimate of drug-likeness (QED) is 0.0938. The van der Waals surface area contributed by atoms with E-state index in [9.17, 15) is 13.2 Å². The Hall–Kier alpha value is -4.73. The van der Waals surface area contributed by atoms with Crippen LogP contribution < -0.4 is 15.4 Å². The summed E-state index contributed by atoms with van der Waals surface area (Å²) < 4.78 is 40.1. The molecule has 0 heterocycles. The highest BCUT2D eigenvalue weighted by molar-refractivity contribution is 8.72. The number of amides is 1. The third kappa shape index (κ3) is 9.04. The van der Waals surface area contributed by atoms with E-state index in [-0.39, 0.29) is 12.3 Å². The molecule has 0 radical (unpaired) electrons. The third-order valence-corrected chi connectivity index (χ3v) is 12.1. The van der Waals surface area contributed by atoms with Gasteiger partial charge in [0.25, 0.3) is 0 Å². The number of hydrogen-bond donors (Lipinski definition) is 2. The number of aryl methyl sites for hydroxylation is 1. The lowest BCUT2D eigenvalue weighted by atomic mass is 9.84. The van der Waals surface area contributed by atoms with Crippen molar-refractivity contribution in [2.75, 3.05) is 17.6 Å². The number of nitrogens with one attached hydrogen (secondary N) is 2. The average Bonchev–Trinajstić information content (AvgIpc) is 3.07. The van der Waals surface area contributed by atoms with Crippen LogP contribution >= 0.6 is 10.8 Å². The molecule has 0 aromatic heterocycles. The highest BCUT2D eigenvalue weighted by Gasteiger charge is 2.49. The highest BCUT2D eigenvalue weighted by atomic mass is 33.1. The third-order valence-electron chi connectivity index (χ3n) is 7.67. The van der Waals surface area contributed by atoms with Crippen LogP contribution in [0.2, 0.25) is 0 Å². The summed E-state index contributed by atoms with van der Waals surface area (Å²) in [6.45, 7) is 7.58. The molecule has 0 fully saturated rings. The van der Waals surface area contributed by atoms with Gasteiger partial charge >= 0.3 is 6.09 Å². The topological polar surface area (TPSA) is 93.7 Å². The van der Waals surface area contributed by atoms with Crippen LogP contribution in [0, 0.1) is 6.92 Å². The summed E-state index contributed by atoms with van der Waals surface area (Å²) in [5.74, 6) is 1.41. The molecule has 0 aliphatic heterocycles. The first kappa shape index (κ1) is 35.6.